The van der Waals surface area contributed by atoms with Crippen LogP contribution in [0.1, 0.15) is 47.8 Å². The van der Waals surface area contributed by atoms with Gasteiger partial charge < -0.3 is 15.4 Å². The lowest BCUT2D eigenvalue weighted by Gasteiger charge is -2.29. The molecule has 0 atom stereocenters. The standard InChI is InChI=1S/C22H26BrF3N2O2/c1-6-27-18-9-7-8-15(19(18)30-5)20(29)28-12-16-13(2)10-14(11-17(16)23)21(3,4)22(24,25)26/h7-11,27H,6,12H2,1-5H3,(H,28,29). The number of carbonyl (C=O) groups excluding carboxylic acids is 1. The Balaban J connectivity index is 2.27. The third kappa shape index (κ3) is 4.91. The summed E-state index contributed by atoms with van der Waals surface area (Å²) in [5.41, 5.74) is 0.636. The van der Waals surface area contributed by atoms with Gasteiger partial charge >= 0.3 is 6.18 Å². The third-order valence-electron chi connectivity index (χ3n) is 5.11. The lowest BCUT2D eigenvalue weighted by Crippen LogP contribution is -2.36. The van der Waals surface area contributed by atoms with Crippen molar-refractivity contribution < 1.29 is 22.7 Å². The van der Waals surface area contributed by atoms with E-state index in [2.05, 4.69) is 26.6 Å². The van der Waals surface area contributed by atoms with Crippen LogP contribution in [-0.4, -0.2) is 25.7 Å². The molecule has 0 radical (unpaired) electrons. The number of anilines is 1. The Kier molecular flexibility index (Phi) is 7.45. The minimum absolute atomic E-state index is 0.159. The number of ether oxygens (including phenoxy) is 1. The van der Waals surface area contributed by atoms with Gasteiger partial charge in [-0.2, -0.15) is 13.2 Å². The molecule has 1 amide bonds. The number of benzene rings is 2. The predicted octanol–water partition coefficient (Wildman–Crippen LogP) is 5.97. The molecule has 0 aliphatic heterocycles. The lowest BCUT2D eigenvalue weighted by atomic mass is 9.82. The van der Waals surface area contributed by atoms with Crippen molar-refractivity contribution in [2.24, 2.45) is 0 Å². The second-order valence-corrected chi connectivity index (χ2v) is 8.33. The van der Waals surface area contributed by atoms with Crippen molar-refractivity contribution >= 4 is 27.5 Å². The summed E-state index contributed by atoms with van der Waals surface area (Å²) in [7, 11) is 1.49. The van der Waals surface area contributed by atoms with Crippen LogP contribution in [-0.2, 0) is 12.0 Å². The number of halogens is 4. The second-order valence-electron chi connectivity index (χ2n) is 7.48. The van der Waals surface area contributed by atoms with Gasteiger partial charge in [-0.15, -0.1) is 0 Å². The fourth-order valence-electron chi connectivity index (χ4n) is 3.05. The van der Waals surface area contributed by atoms with E-state index in [-0.39, 0.29) is 18.0 Å². The number of carbonyl (C=O) groups is 1. The van der Waals surface area contributed by atoms with Crippen LogP contribution in [0.4, 0.5) is 18.9 Å². The number of para-hydroxylation sites is 1. The quantitative estimate of drug-likeness (QED) is 0.506. The molecule has 0 heterocycles. The minimum atomic E-state index is -4.37. The average molecular weight is 487 g/mol. The number of hydrogen-bond acceptors (Lipinski definition) is 3. The molecule has 2 aromatic carbocycles. The summed E-state index contributed by atoms with van der Waals surface area (Å²) in [5.74, 6) is 0.104. The number of alkyl halides is 3. The van der Waals surface area contributed by atoms with Crippen molar-refractivity contribution in [1.82, 2.24) is 5.32 Å². The summed E-state index contributed by atoms with van der Waals surface area (Å²) in [6, 6.07) is 8.22. The van der Waals surface area contributed by atoms with Crippen molar-refractivity contribution in [1.29, 1.82) is 0 Å². The molecule has 30 heavy (non-hydrogen) atoms. The smallest absolute Gasteiger partial charge is 0.397 e. The molecular weight excluding hydrogens is 461 g/mol. The summed E-state index contributed by atoms with van der Waals surface area (Å²) < 4.78 is 46.1. The number of aryl methyl sites for hydroxylation is 1. The van der Waals surface area contributed by atoms with Crippen molar-refractivity contribution in [3.63, 3.8) is 0 Å². The topological polar surface area (TPSA) is 50.4 Å². The second kappa shape index (κ2) is 9.29. The first kappa shape index (κ1) is 24.1. The Morgan fingerprint density at radius 1 is 1.20 bits per heavy atom. The van der Waals surface area contributed by atoms with Crippen molar-refractivity contribution in [2.45, 2.75) is 45.8 Å². The number of amides is 1. The van der Waals surface area contributed by atoms with E-state index in [9.17, 15) is 18.0 Å². The van der Waals surface area contributed by atoms with Gasteiger partial charge in [0.15, 0.2) is 5.75 Å². The number of hydrogen-bond donors (Lipinski definition) is 2. The van der Waals surface area contributed by atoms with Gasteiger partial charge in [0.25, 0.3) is 5.91 Å². The van der Waals surface area contributed by atoms with Crippen LogP contribution in [0.5, 0.6) is 5.75 Å². The van der Waals surface area contributed by atoms with E-state index >= 15 is 0 Å². The number of nitrogens with one attached hydrogen (secondary N) is 2. The largest absolute Gasteiger partial charge is 0.494 e. The Bertz CT molecular complexity index is 904. The molecule has 0 aromatic heterocycles. The van der Waals surface area contributed by atoms with E-state index in [1.54, 1.807) is 19.1 Å². The molecule has 0 aliphatic rings. The molecule has 2 aromatic rings. The molecule has 0 aliphatic carbocycles. The summed E-state index contributed by atoms with van der Waals surface area (Å²) in [4.78, 5) is 12.8. The van der Waals surface area contributed by atoms with Gasteiger partial charge in [0.05, 0.1) is 23.8 Å². The normalized spacial score (nSPS) is 11.9. The molecule has 0 fully saturated rings. The lowest BCUT2D eigenvalue weighted by molar-refractivity contribution is -0.180. The van der Waals surface area contributed by atoms with Gasteiger partial charge in [-0.05, 0) is 62.6 Å². The van der Waals surface area contributed by atoms with Gasteiger partial charge in [0.2, 0.25) is 0 Å². The highest BCUT2D eigenvalue weighted by atomic mass is 79.9. The Morgan fingerprint density at radius 3 is 2.40 bits per heavy atom. The average Bonchev–Trinajstić information content (AvgIpc) is 2.66. The number of methoxy groups -OCH3 is 1. The fraction of sp³-hybridized carbons (Fsp3) is 0.409. The van der Waals surface area contributed by atoms with Gasteiger partial charge in [0.1, 0.15) is 0 Å². The molecule has 0 saturated heterocycles. The van der Waals surface area contributed by atoms with E-state index in [4.69, 9.17) is 4.74 Å². The van der Waals surface area contributed by atoms with E-state index in [1.165, 1.54) is 19.2 Å². The Labute approximate surface area is 183 Å². The Morgan fingerprint density at radius 2 is 1.87 bits per heavy atom. The van der Waals surface area contributed by atoms with Crippen LogP contribution in [0.3, 0.4) is 0 Å². The summed E-state index contributed by atoms with van der Waals surface area (Å²) in [6.07, 6.45) is -4.37. The molecule has 2 N–H and O–H groups in total. The fourth-order valence-corrected chi connectivity index (χ4v) is 3.75. The first-order valence-corrected chi connectivity index (χ1v) is 10.3. The van der Waals surface area contributed by atoms with Crippen molar-refractivity contribution in [3.05, 3.63) is 57.1 Å². The van der Waals surface area contributed by atoms with Crippen molar-refractivity contribution in [3.8, 4) is 5.75 Å². The SMILES string of the molecule is CCNc1cccc(C(=O)NCc2c(C)cc(C(C)(C)C(F)(F)F)cc2Br)c1OC. The first-order chi connectivity index (χ1) is 13.9. The monoisotopic (exact) mass is 486 g/mol. The van der Waals surface area contributed by atoms with Crippen LogP contribution in [0.15, 0.2) is 34.8 Å². The maximum Gasteiger partial charge on any atom is 0.397 e. The molecule has 2 rings (SSSR count). The minimum Gasteiger partial charge on any atom is -0.494 e. The van der Waals surface area contributed by atoms with Gasteiger partial charge in [-0.3, -0.25) is 4.79 Å². The highest BCUT2D eigenvalue weighted by molar-refractivity contribution is 9.10. The number of rotatable bonds is 7. The van der Waals surface area contributed by atoms with Crippen LogP contribution < -0.4 is 15.4 Å². The molecule has 4 nitrogen and oxygen atoms in total. The van der Waals surface area contributed by atoms with E-state index < -0.39 is 11.6 Å². The van der Waals surface area contributed by atoms with Gasteiger partial charge in [0, 0.05) is 17.6 Å². The first-order valence-electron chi connectivity index (χ1n) is 9.49. The molecule has 8 heteroatoms. The van der Waals surface area contributed by atoms with E-state index in [0.717, 1.165) is 13.8 Å². The maximum absolute atomic E-state index is 13.4. The zero-order valence-electron chi connectivity index (χ0n) is 17.6. The van der Waals surface area contributed by atoms with E-state index in [0.29, 0.717) is 39.1 Å². The predicted molar refractivity (Wildman–Crippen MR) is 116 cm³/mol. The van der Waals surface area contributed by atoms with Crippen molar-refractivity contribution in [2.75, 3.05) is 19.0 Å². The molecule has 0 bridgehead atoms. The maximum atomic E-state index is 13.4. The Hall–Kier alpha value is -2.22. The molecule has 0 unspecified atom stereocenters. The molecule has 164 valence electrons. The highest BCUT2D eigenvalue weighted by Crippen LogP contribution is 2.42. The highest BCUT2D eigenvalue weighted by Gasteiger charge is 2.48. The van der Waals surface area contributed by atoms with E-state index in [1.807, 2.05) is 13.0 Å². The van der Waals surface area contributed by atoms with Crippen LogP contribution in [0, 0.1) is 6.92 Å². The molecular formula is C22H26BrF3N2O2. The third-order valence-corrected chi connectivity index (χ3v) is 5.81. The molecule has 0 spiro atoms. The summed E-state index contributed by atoms with van der Waals surface area (Å²) in [6.45, 7) is 6.81. The van der Waals surface area contributed by atoms with Crippen LogP contribution in [0.2, 0.25) is 0 Å². The summed E-state index contributed by atoms with van der Waals surface area (Å²) >= 11 is 3.37. The zero-order valence-corrected chi connectivity index (χ0v) is 19.2. The van der Waals surface area contributed by atoms with Crippen LogP contribution >= 0.6 is 15.9 Å². The molecule has 0 saturated carbocycles. The van der Waals surface area contributed by atoms with Gasteiger partial charge in [-0.1, -0.05) is 28.1 Å². The van der Waals surface area contributed by atoms with Crippen LogP contribution in [0.25, 0.3) is 0 Å². The summed E-state index contributed by atoms with van der Waals surface area (Å²) in [5, 5.41) is 5.97. The zero-order chi connectivity index (χ0) is 22.7. The van der Waals surface area contributed by atoms with Gasteiger partial charge in [-0.25, -0.2) is 0 Å².